The molecule has 0 N–H and O–H groups in total. The van der Waals surface area contributed by atoms with Crippen LogP contribution in [-0.2, 0) is 12.8 Å². The standard InChI is InChI=1S/C49H49N5O/c1-30(2)20-36-24-37(21-31(3)4)26-40(25-36)54-35(8)51-49(52-54)39-12-11-13-41(27-39)55-42-16-17-44-43-14-9-10-15-45(43)53(46(44)29-42)47-28-38(18-19-50-47)48-33(6)22-32(5)23-34(48)7/h9-19,22-31H,20-21H2,1-8H3. The van der Waals surface area contributed by atoms with Gasteiger partial charge in [0, 0.05) is 28.6 Å². The fourth-order valence-electron chi connectivity index (χ4n) is 8.23. The number of nitrogens with zero attached hydrogens (tertiary/aromatic N) is 5. The summed E-state index contributed by atoms with van der Waals surface area (Å²) < 4.78 is 10.8. The quantitative estimate of drug-likeness (QED) is 0.141. The lowest BCUT2D eigenvalue weighted by molar-refractivity contribution is 0.483. The lowest BCUT2D eigenvalue weighted by atomic mass is 9.94. The molecule has 3 heterocycles. The molecule has 5 aromatic carbocycles. The summed E-state index contributed by atoms with van der Waals surface area (Å²) >= 11 is 0. The lowest BCUT2D eigenvalue weighted by Gasteiger charge is -2.14. The van der Waals surface area contributed by atoms with Gasteiger partial charge < -0.3 is 4.74 Å². The van der Waals surface area contributed by atoms with Gasteiger partial charge in [-0.1, -0.05) is 81.8 Å². The molecular weight excluding hydrogens is 675 g/mol. The first-order valence-corrected chi connectivity index (χ1v) is 19.4. The van der Waals surface area contributed by atoms with E-state index >= 15 is 0 Å². The number of aromatic nitrogens is 5. The number of aryl methyl sites for hydroxylation is 4. The Kier molecular flexibility index (Phi) is 9.60. The van der Waals surface area contributed by atoms with E-state index in [1.54, 1.807) is 0 Å². The molecule has 0 atom stereocenters. The van der Waals surface area contributed by atoms with Crippen LogP contribution in [0.25, 0.3) is 55.8 Å². The number of para-hydroxylation sites is 1. The van der Waals surface area contributed by atoms with E-state index in [-0.39, 0.29) is 0 Å². The number of hydrogen-bond acceptors (Lipinski definition) is 4. The molecule has 276 valence electrons. The van der Waals surface area contributed by atoms with E-state index in [0.29, 0.717) is 17.7 Å². The maximum Gasteiger partial charge on any atom is 0.181 e. The second-order valence-electron chi connectivity index (χ2n) is 15.9. The highest BCUT2D eigenvalue weighted by Crippen LogP contribution is 2.37. The zero-order valence-corrected chi connectivity index (χ0v) is 33.2. The van der Waals surface area contributed by atoms with Gasteiger partial charge >= 0.3 is 0 Å². The highest BCUT2D eigenvalue weighted by Gasteiger charge is 2.17. The summed E-state index contributed by atoms with van der Waals surface area (Å²) in [6.07, 6.45) is 3.97. The molecule has 6 nitrogen and oxygen atoms in total. The minimum absolute atomic E-state index is 0.571. The van der Waals surface area contributed by atoms with Crippen molar-refractivity contribution < 1.29 is 4.74 Å². The molecule has 6 heteroatoms. The van der Waals surface area contributed by atoms with Crippen LogP contribution in [0.3, 0.4) is 0 Å². The minimum atomic E-state index is 0.571. The molecule has 0 fully saturated rings. The number of fused-ring (bicyclic) bond motifs is 3. The second kappa shape index (κ2) is 14.7. The van der Waals surface area contributed by atoms with Crippen LogP contribution < -0.4 is 4.74 Å². The number of rotatable bonds is 10. The average Bonchev–Trinajstić information content (AvgIpc) is 3.68. The molecule has 8 aromatic rings. The molecule has 0 aliphatic rings. The van der Waals surface area contributed by atoms with E-state index in [0.717, 1.165) is 69.2 Å². The second-order valence-corrected chi connectivity index (χ2v) is 15.9. The van der Waals surface area contributed by atoms with Gasteiger partial charge in [-0.2, -0.15) is 0 Å². The maximum absolute atomic E-state index is 6.60. The molecule has 0 amide bonds. The Hall–Kier alpha value is -6.01. The Labute approximate surface area is 324 Å². The SMILES string of the molecule is Cc1cc(C)c(-c2ccnc(-n3c4ccccc4c4ccc(Oc5cccc(-c6nc(C)n(-c7cc(CC(C)C)cc(CC(C)C)c7)n6)c5)cc43)c2)c(C)c1. The van der Waals surface area contributed by atoms with Crippen LogP contribution in [0.2, 0.25) is 0 Å². The molecule has 0 spiro atoms. The molecule has 0 saturated heterocycles. The topological polar surface area (TPSA) is 57.8 Å². The van der Waals surface area contributed by atoms with Crippen LogP contribution in [0.4, 0.5) is 0 Å². The fraction of sp³-hybridized carbons (Fsp3) is 0.245. The molecular formula is C49H49N5O. The van der Waals surface area contributed by atoms with Gasteiger partial charge in [0.1, 0.15) is 23.1 Å². The number of benzene rings is 5. The summed E-state index contributed by atoms with van der Waals surface area (Å²) in [5.41, 5.74) is 13.0. The van der Waals surface area contributed by atoms with Crippen molar-refractivity contribution in [1.82, 2.24) is 24.3 Å². The molecule has 0 bridgehead atoms. The first-order valence-electron chi connectivity index (χ1n) is 19.4. The largest absolute Gasteiger partial charge is 0.457 e. The van der Waals surface area contributed by atoms with Crippen molar-refractivity contribution in [3.8, 4) is 45.5 Å². The van der Waals surface area contributed by atoms with E-state index in [1.165, 1.54) is 38.8 Å². The van der Waals surface area contributed by atoms with Crippen LogP contribution in [0, 0.1) is 39.5 Å². The van der Waals surface area contributed by atoms with Crippen LogP contribution in [0.1, 0.15) is 61.3 Å². The third-order valence-corrected chi connectivity index (χ3v) is 10.3. The van der Waals surface area contributed by atoms with E-state index in [4.69, 9.17) is 19.8 Å². The molecule has 0 radical (unpaired) electrons. The average molecular weight is 724 g/mol. The van der Waals surface area contributed by atoms with Crippen molar-refractivity contribution in [2.24, 2.45) is 11.8 Å². The Balaban J connectivity index is 1.14. The Morgan fingerprint density at radius 1 is 0.618 bits per heavy atom. The van der Waals surface area contributed by atoms with Crippen molar-refractivity contribution in [2.75, 3.05) is 0 Å². The fourth-order valence-corrected chi connectivity index (χ4v) is 8.23. The van der Waals surface area contributed by atoms with Gasteiger partial charge in [-0.25, -0.2) is 14.6 Å². The molecule has 3 aromatic heterocycles. The Bertz CT molecular complexity index is 2640. The maximum atomic E-state index is 6.60. The molecule has 0 saturated carbocycles. The third kappa shape index (κ3) is 7.29. The minimum Gasteiger partial charge on any atom is -0.457 e. The van der Waals surface area contributed by atoms with E-state index in [2.05, 4.69) is 132 Å². The van der Waals surface area contributed by atoms with Crippen molar-refractivity contribution in [3.05, 3.63) is 149 Å². The molecule has 0 aliphatic heterocycles. The summed E-state index contributed by atoms with van der Waals surface area (Å²) in [6, 6.07) is 38.6. The molecule has 0 unspecified atom stereocenters. The van der Waals surface area contributed by atoms with Crippen LogP contribution in [0.15, 0.2) is 115 Å². The van der Waals surface area contributed by atoms with E-state index < -0.39 is 0 Å². The van der Waals surface area contributed by atoms with Gasteiger partial charge in [-0.05, 0) is 140 Å². The normalized spacial score (nSPS) is 11.7. The van der Waals surface area contributed by atoms with E-state index in [1.807, 2.05) is 48.1 Å². The van der Waals surface area contributed by atoms with Gasteiger partial charge in [0.25, 0.3) is 0 Å². The molecule has 0 aliphatic carbocycles. The smallest absolute Gasteiger partial charge is 0.181 e. The summed E-state index contributed by atoms with van der Waals surface area (Å²) in [4.78, 5) is 9.84. The highest BCUT2D eigenvalue weighted by molar-refractivity contribution is 6.09. The van der Waals surface area contributed by atoms with Gasteiger partial charge in [-0.15, -0.1) is 5.10 Å². The number of ether oxygens (including phenoxy) is 1. The summed E-state index contributed by atoms with van der Waals surface area (Å²) in [6.45, 7) is 17.6. The lowest BCUT2D eigenvalue weighted by Crippen LogP contribution is -2.05. The predicted molar refractivity (Wildman–Crippen MR) is 227 cm³/mol. The van der Waals surface area contributed by atoms with Crippen LogP contribution in [0.5, 0.6) is 11.5 Å². The highest BCUT2D eigenvalue weighted by atomic mass is 16.5. The number of pyridine rings is 1. The summed E-state index contributed by atoms with van der Waals surface area (Å²) in [5, 5.41) is 7.35. The Morgan fingerprint density at radius 3 is 2.04 bits per heavy atom. The predicted octanol–water partition coefficient (Wildman–Crippen LogP) is 12.5. The van der Waals surface area contributed by atoms with Gasteiger partial charge in [0.05, 0.1) is 16.7 Å². The summed E-state index contributed by atoms with van der Waals surface area (Å²) in [7, 11) is 0. The first kappa shape index (κ1) is 36.0. The monoisotopic (exact) mass is 723 g/mol. The zero-order valence-electron chi connectivity index (χ0n) is 33.2. The van der Waals surface area contributed by atoms with E-state index in [9.17, 15) is 0 Å². The Morgan fingerprint density at radius 2 is 1.31 bits per heavy atom. The zero-order chi connectivity index (χ0) is 38.4. The van der Waals surface area contributed by atoms with Gasteiger partial charge in [0.2, 0.25) is 0 Å². The molecule has 55 heavy (non-hydrogen) atoms. The van der Waals surface area contributed by atoms with Crippen molar-refractivity contribution >= 4 is 21.8 Å². The van der Waals surface area contributed by atoms with Crippen molar-refractivity contribution in [2.45, 2.75) is 68.2 Å². The summed E-state index contributed by atoms with van der Waals surface area (Å²) in [5.74, 6) is 4.99. The van der Waals surface area contributed by atoms with Gasteiger partial charge in [-0.3, -0.25) is 4.57 Å². The third-order valence-electron chi connectivity index (χ3n) is 10.3. The van der Waals surface area contributed by atoms with Crippen LogP contribution >= 0.6 is 0 Å². The van der Waals surface area contributed by atoms with Crippen molar-refractivity contribution in [3.63, 3.8) is 0 Å². The first-order chi connectivity index (χ1) is 26.5. The van der Waals surface area contributed by atoms with Gasteiger partial charge in [0.15, 0.2) is 5.82 Å². The molecule has 8 rings (SSSR count). The number of hydrogen-bond donors (Lipinski definition) is 0. The van der Waals surface area contributed by atoms with Crippen molar-refractivity contribution in [1.29, 1.82) is 0 Å². The van der Waals surface area contributed by atoms with Crippen LogP contribution in [-0.4, -0.2) is 24.3 Å².